The molecule has 2 aromatic rings. The molecule has 118 valence electrons. The van der Waals surface area contributed by atoms with Gasteiger partial charge in [0.1, 0.15) is 5.69 Å². The van der Waals surface area contributed by atoms with Gasteiger partial charge in [-0.05, 0) is 25.8 Å². The van der Waals surface area contributed by atoms with Crippen LogP contribution in [0.25, 0.3) is 11.3 Å². The molecule has 0 aromatic carbocycles. The van der Waals surface area contributed by atoms with E-state index in [1.54, 1.807) is 23.6 Å². The van der Waals surface area contributed by atoms with E-state index >= 15 is 0 Å². The summed E-state index contributed by atoms with van der Waals surface area (Å²) in [5, 5.41) is 14.3. The second-order valence-electron chi connectivity index (χ2n) is 5.01. The van der Waals surface area contributed by atoms with E-state index in [4.69, 9.17) is 5.11 Å². The average molecular weight is 321 g/mol. The van der Waals surface area contributed by atoms with Crippen molar-refractivity contribution < 1.29 is 14.7 Å². The molecule has 0 radical (unpaired) electrons. The van der Waals surface area contributed by atoms with Crippen molar-refractivity contribution in [3.8, 4) is 11.3 Å². The SMILES string of the molecule is Cc1nc(-c2c[nH]c(C(=O)NCCCCCC(=O)O)c2)cs1. The highest BCUT2D eigenvalue weighted by Crippen LogP contribution is 2.22. The quantitative estimate of drug-likeness (QED) is 0.652. The molecule has 2 rings (SSSR count). The molecule has 3 N–H and O–H groups in total. The highest BCUT2D eigenvalue weighted by Gasteiger charge is 2.10. The van der Waals surface area contributed by atoms with E-state index in [-0.39, 0.29) is 12.3 Å². The zero-order valence-electron chi connectivity index (χ0n) is 12.4. The van der Waals surface area contributed by atoms with E-state index in [1.165, 1.54) is 0 Å². The first-order valence-electron chi connectivity index (χ1n) is 7.17. The zero-order chi connectivity index (χ0) is 15.9. The molecule has 0 aliphatic heterocycles. The lowest BCUT2D eigenvalue weighted by Gasteiger charge is -2.03. The highest BCUT2D eigenvalue weighted by atomic mass is 32.1. The van der Waals surface area contributed by atoms with Crippen LogP contribution in [0, 0.1) is 6.92 Å². The molecule has 0 atom stereocenters. The Morgan fingerprint density at radius 1 is 1.36 bits per heavy atom. The molecular weight excluding hydrogens is 302 g/mol. The third-order valence-electron chi connectivity index (χ3n) is 3.20. The van der Waals surface area contributed by atoms with Gasteiger partial charge in [0.15, 0.2) is 0 Å². The van der Waals surface area contributed by atoms with Crippen molar-refractivity contribution in [2.75, 3.05) is 6.54 Å². The fourth-order valence-electron chi connectivity index (χ4n) is 2.04. The van der Waals surface area contributed by atoms with Crippen molar-refractivity contribution in [3.63, 3.8) is 0 Å². The number of H-pyrrole nitrogens is 1. The number of nitrogens with zero attached hydrogens (tertiary/aromatic N) is 1. The molecule has 0 saturated carbocycles. The minimum Gasteiger partial charge on any atom is -0.481 e. The summed E-state index contributed by atoms with van der Waals surface area (Å²) in [6, 6.07) is 1.79. The third-order valence-corrected chi connectivity index (χ3v) is 3.97. The minimum atomic E-state index is -0.778. The van der Waals surface area contributed by atoms with Crippen LogP contribution in [0.15, 0.2) is 17.6 Å². The number of carbonyl (C=O) groups is 2. The van der Waals surface area contributed by atoms with Gasteiger partial charge in [-0.15, -0.1) is 11.3 Å². The number of hydrogen-bond acceptors (Lipinski definition) is 4. The Labute approximate surface area is 132 Å². The molecule has 0 unspecified atom stereocenters. The van der Waals surface area contributed by atoms with E-state index in [9.17, 15) is 9.59 Å². The first kappa shape index (κ1) is 16.2. The maximum Gasteiger partial charge on any atom is 0.303 e. The Morgan fingerprint density at radius 3 is 2.86 bits per heavy atom. The van der Waals surface area contributed by atoms with Gasteiger partial charge >= 0.3 is 5.97 Å². The Balaban J connectivity index is 1.76. The van der Waals surface area contributed by atoms with Crippen LogP contribution in [-0.4, -0.2) is 33.5 Å². The lowest BCUT2D eigenvalue weighted by atomic mass is 10.2. The number of aliphatic carboxylic acids is 1. The minimum absolute atomic E-state index is 0.156. The maximum absolute atomic E-state index is 12.0. The van der Waals surface area contributed by atoms with Gasteiger partial charge in [0, 0.05) is 30.1 Å². The van der Waals surface area contributed by atoms with Crippen molar-refractivity contribution in [2.24, 2.45) is 0 Å². The maximum atomic E-state index is 12.0. The summed E-state index contributed by atoms with van der Waals surface area (Å²) in [5.41, 5.74) is 2.27. The van der Waals surface area contributed by atoms with Gasteiger partial charge in [0.2, 0.25) is 0 Å². The number of rotatable bonds is 8. The number of carbonyl (C=O) groups excluding carboxylic acids is 1. The summed E-state index contributed by atoms with van der Waals surface area (Å²) in [6.45, 7) is 2.49. The predicted molar refractivity (Wildman–Crippen MR) is 85.1 cm³/mol. The van der Waals surface area contributed by atoms with Gasteiger partial charge in [0.05, 0.1) is 10.7 Å². The number of carboxylic acid groups (broad SMARTS) is 1. The number of aromatic amines is 1. The Bertz CT molecular complexity index is 648. The average Bonchev–Trinajstić information content (AvgIpc) is 3.10. The Kier molecular flexibility index (Phi) is 5.71. The number of unbranched alkanes of at least 4 members (excludes halogenated alkanes) is 2. The van der Waals surface area contributed by atoms with Gasteiger partial charge in [-0.2, -0.15) is 0 Å². The number of amides is 1. The number of thiazole rings is 1. The lowest BCUT2D eigenvalue weighted by molar-refractivity contribution is -0.137. The Morgan fingerprint density at radius 2 is 2.18 bits per heavy atom. The van der Waals surface area contributed by atoms with Gasteiger partial charge in [-0.25, -0.2) is 4.98 Å². The molecule has 22 heavy (non-hydrogen) atoms. The monoisotopic (exact) mass is 321 g/mol. The van der Waals surface area contributed by atoms with Crippen molar-refractivity contribution in [1.82, 2.24) is 15.3 Å². The lowest BCUT2D eigenvalue weighted by Crippen LogP contribution is -2.24. The topological polar surface area (TPSA) is 95.1 Å². The fourth-order valence-corrected chi connectivity index (χ4v) is 2.67. The van der Waals surface area contributed by atoms with Crippen molar-refractivity contribution >= 4 is 23.2 Å². The van der Waals surface area contributed by atoms with Crippen LogP contribution in [-0.2, 0) is 4.79 Å². The standard InChI is InChI=1S/C15H19N3O3S/c1-10-18-13(9-22-10)11-7-12(17-8-11)15(21)16-6-4-2-3-5-14(19)20/h7-9,17H,2-6H2,1H3,(H,16,21)(H,19,20). The summed E-state index contributed by atoms with van der Waals surface area (Å²) in [7, 11) is 0. The van der Waals surface area contributed by atoms with Gasteiger partial charge < -0.3 is 15.4 Å². The van der Waals surface area contributed by atoms with E-state index in [0.29, 0.717) is 18.7 Å². The summed E-state index contributed by atoms with van der Waals surface area (Å²) < 4.78 is 0. The van der Waals surface area contributed by atoms with Gasteiger partial charge in [-0.1, -0.05) is 6.42 Å². The van der Waals surface area contributed by atoms with Crippen LogP contribution in [0.1, 0.15) is 41.2 Å². The fraction of sp³-hybridized carbons (Fsp3) is 0.400. The van der Waals surface area contributed by atoms with E-state index in [1.807, 2.05) is 12.3 Å². The highest BCUT2D eigenvalue weighted by molar-refractivity contribution is 7.09. The van der Waals surface area contributed by atoms with Crippen molar-refractivity contribution in [1.29, 1.82) is 0 Å². The largest absolute Gasteiger partial charge is 0.481 e. The molecule has 0 fully saturated rings. The predicted octanol–water partition coefficient (Wildman–Crippen LogP) is 2.82. The van der Waals surface area contributed by atoms with Crippen LogP contribution in [0.4, 0.5) is 0 Å². The molecule has 7 heteroatoms. The molecule has 1 amide bonds. The summed E-state index contributed by atoms with van der Waals surface area (Å²) in [4.78, 5) is 29.7. The number of aryl methyl sites for hydroxylation is 1. The van der Waals surface area contributed by atoms with E-state index < -0.39 is 5.97 Å². The van der Waals surface area contributed by atoms with Crippen LogP contribution in [0.3, 0.4) is 0 Å². The van der Waals surface area contributed by atoms with Crippen LogP contribution < -0.4 is 5.32 Å². The molecule has 0 aliphatic rings. The molecular formula is C15H19N3O3S. The summed E-state index contributed by atoms with van der Waals surface area (Å²) >= 11 is 1.57. The molecule has 0 bridgehead atoms. The van der Waals surface area contributed by atoms with Crippen LogP contribution in [0.2, 0.25) is 0 Å². The summed E-state index contributed by atoms with van der Waals surface area (Å²) in [6.07, 6.45) is 4.16. The van der Waals surface area contributed by atoms with Gasteiger partial charge in [0.25, 0.3) is 5.91 Å². The van der Waals surface area contributed by atoms with E-state index in [2.05, 4.69) is 15.3 Å². The van der Waals surface area contributed by atoms with Crippen molar-refractivity contribution in [3.05, 3.63) is 28.3 Å². The smallest absolute Gasteiger partial charge is 0.303 e. The molecule has 0 aliphatic carbocycles. The molecule has 0 saturated heterocycles. The Hall–Kier alpha value is -2.15. The second kappa shape index (κ2) is 7.74. The van der Waals surface area contributed by atoms with Gasteiger partial charge in [-0.3, -0.25) is 9.59 Å². The molecule has 6 nitrogen and oxygen atoms in total. The first-order valence-corrected chi connectivity index (χ1v) is 8.05. The van der Waals surface area contributed by atoms with E-state index in [0.717, 1.165) is 29.1 Å². The van der Waals surface area contributed by atoms with Crippen LogP contribution in [0.5, 0.6) is 0 Å². The number of carboxylic acids is 1. The molecule has 2 aromatic heterocycles. The first-order chi connectivity index (χ1) is 10.6. The molecule has 2 heterocycles. The molecule has 0 spiro atoms. The zero-order valence-corrected chi connectivity index (χ0v) is 13.2. The number of aromatic nitrogens is 2. The number of hydrogen-bond donors (Lipinski definition) is 3. The van der Waals surface area contributed by atoms with Crippen LogP contribution >= 0.6 is 11.3 Å². The second-order valence-corrected chi connectivity index (χ2v) is 6.08. The number of nitrogens with one attached hydrogen (secondary N) is 2. The van der Waals surface area contributed by atoms with Crippen molar-refractivity contribution in [2.45, 2.75) is 32.6 Å². The normalized spacial score (nSPS) is 10.6. The third kappa shape index (κ3) is 4.70. The summed E-state index contributed by atoms with van der Waals surface area (Å²) in [5.74, 6) is -0.934.